The van der Waals surface area contributed by atoms with Crippen LogP contribution in [0.1, 0.15) is 47.5 Å². The number of nitrogens with zero attached hydrogens (tertiary/aromatic N) is 1. The summed E-state index contributed by atoms with van der Waals surface area (Å²) in [5.74, 6) is -3.03. The maximum absolute atomic E-state index is 12.5. The van der Waals surface area contributed by atoms with Crippen LogP contribution in [0.4, 0.5) is 0 Å². The van der Waals surface area contributed by atoms with E-state index in [1.807, 2.05) is 13.8 Å². The number of hydrogen-bond donors (Lipinski definition) is 3. The third-order valence-corrected chi connectivity index (χ3v) is 3.18. The van der Waals surface area contributed by atoms with Crippen LogP contribution in [0, 0.1) is 11.8 Å². The molecule has 0 radical (unpaired) electrons. The van der Waals surface area contributed by atoms with Crippen molar-refractivity contribution in [3.63, 3.8) is 0 Å². The Morgan fingerprint density at radius 3 is 1.91 bits per heavy atom. The zero-order valence-corrected chi connectivity index (χ0v) is 13.9. The average molecular weight is 316 g/mol. The molecule has 0 aromatic heterocycles. The van der Waals surface area contributed by atoms with Crippen molar-refractivity contribution in [3.8, 4) is 0 Å². The number of rotatable bonds is 8. The van der Waals surface area contributed by atoms with Crippen molar-refractivity contribution >= 4 is 17.8 Å². The van der Waals surface area contributed by atoms with E-state index >= 15 is 0 Å². The quantitative estimate of drug-likeness (QED) is 0.603. The molecule has 128 valence electrons. The molecule has 0 bridgehead atoms. The van der Waals surface area contributed by atoms with E-state index in [-0.39, 0.29) is 12.3 Å². The highest BCUT2D eigenvalue weighted by molar-refractivity contribution is 6.01. The van der Waals surface area contributed by atoms with E-state index in [9.17, 15) is 24.6 Å². The lowest BCUT2D eigenvalue weighted by molar-refractivity contribution is -0.161. The number of aliphatic carboxylic acids is 1. The van der Waals surface area contributed by atoms with E-state index in [0.717, 1.165) is 0 Å². The van der Waals surface area contributed by atoms with Crippen LogP contribution in [0.5, 0.6) is 0 Å². The van der Waals surface area contributed by atoms with E-state index in [1.165, 1.54) is 6.92 Å². The van der Waals surface area contributed by atoms with E-state index in [0.29, 0.717) is 11.3 Å². The lowest BCUT2D eigenvalue weighted by Gasteiger charge is -2.32. The molecule has 0 saturated heterocycles. The molecular weight excluding hydrogens is 288 g/mol. The molecule has 0 aliphatic rings. The molecule has 7 heteroatoms. The molecule has 0 spiro atoms. The normalized spacial score (nSPS) is 15.5. The standard InChI is InChI=1S/C15H28N2O5/c1-8(2)6-11(16)14(20)17(12(19)7-10(5)18)13(9(3)4)15(21)22/h8-11,13,18H,6-7,16H2,1-5H3,(H,21,22). The van der Waals surface area contributed by atoms with Gasteiger partial charge in [-0.25, -0.2) is 4.79 Å². The Balaban J connectivity index is 5.53. The molecular formula is C15H28N2O5. The van der Waals surface area contributed by atoms with E-state index in [2.05, 4.69) is 0 Å². The second-order valence-electron chi connectivity index (χ2n) is 6.42. The van der Waals surface area contributed by atoms with E-state index in [1.54, 1.807) is 13.8 Å². The number of amides is 2. The van der Waals surface area contributed by atoms with Gasteiger partial charge in [-0.3, -0.25) is 14.5 Å². The number of aliphatic hydroxyl groups excluding tert-OH is 1. The van der Waals surface area contributed by atoms with Crippen molar-refractivity contribution in [1.82, 2.24) is 4.90 Å². The summed E-state index contributed by atoms with van der Waals surface area (Å²) in [6.07, 6.45) is -0.941. The van der Waals surface area contributed by atoms with E-state index in [4.69, 9.17) is 5.73 Å². The van der Waals surface area contributed by atoms with Crippen LogP contribution in [0.25, 0.3) is 0 Å². The minimum Gasteiger partial charge on any atom is -0.480 e. The zero-order chi connectivity index (χ0) is 17.6. The summed E-state index contributed by atoms with van der Waals surface area (Å²) in [4.78, 5) is 36.9. The van der Waals surface area contributed by atoms with Gasteiger partial charge in [-0.2, -0.15) is 0 Å². The molecule has 0 saturated carbocycles. The van der Waals surface area contributed by atoms with Crippen molar-refractivity contribution in [3.05, 3.63) is 0 Å². The molecule has 0 heterocycles. The van der Waals surface area contributed by atoms with Gasteiger partial charge in [0.2, 0.25) is 11.8 Å². The van der Waals surface area contributed by atoms with Crippen molar-refractivity contribution in [2.75, 3.05) is 0 Å². The monoisotopic (exact) mass is 316 g/mol. The highest BCUT2D eigenvalue weighted by Gasteiger charge is 2.39. The maximum atomic E-state index is 12.5. The van der Waals surface area contributed by atoms with Crippen LogP contribution in [0.2, 0.25) is 0 Å². The van der Waals surface area contributed by atoms with Crippen LogP contribution in [0.15, 0.2) is 0 Å². The lowest BCUT2D eigenvalue weighted by Crippen LogP contribution is -2.56. The Morgan fingerprint density at radius 1 is 1.09 bits per heavy atom. The minimum atomic E-state index is -1.29. The third-order valence-electron chi connectivity index (χ3n) is 3.18. The number of aliphatic hydroxyl groups is 1. The molecule has 2 amide bonds. The number of hydrogen-bond acceptors (Lipinski definition) is 5. The predicted molar refractivity (Wildman–Crippen MR) is 81.8 cm³/mol. The number of imide groups is 1. The van der Waals surface area contributed by atoms with Crippen molar-refractivity contribution in [2.45, 2.75) is 65.6 Å². The van der Waals surface area contributed by atoms with Crippen LogP contribution < -0.4 is 5.73 Å². The van der Waals surface area contributed by atoms with Gasteiger partial charge >= 0.3 is 5.97 Å². The Labute approximate surface area is 131 Å². The molecule has 0 aliphatic carbocycles. The van der Waals surface area contributed by atoms with Gasteiger partial charge in [-0.15, -0.1) is 0 Å². The maximum Gasteiger partial charge on any atom is 0.327 e. The second-order valence-corrected chi connectivity index (χ2v) is 6.42. The number of nitrogens with two attached hydrogens (primary N) is 1. The van der Waals surface area contributed by atoms with Crippen LogP contribution >= 0.6 is 0 Å². The van der Waals surface area contributed by atoms with Crippen LogP contribution in [-0.4, -0.2) is 51.1 Å². The highest BCUT2D eigenvalue weighted by Crippen LogP contribution is 2.17. The van der Waals surface area contributed by atoms with Crippen molar-refractivity contribution < 1.29 is 24.6 Å². The first-order chi connectivity index (χ1) is 9.98. The average Bonchev–Trinajstić information content (AvgIpc) is 2.31. The van der Waals surface area contributed by atoms with Gasteiger partial charge in [-0.1, -0.05) is 27.7 Å². The zero-order valence-electron chi connectivity index (χ0n) is 13.9. The Hall–Kier alpha value is -1.47. The number of carbonyl (C=O) groups excluding carboxylic acids is 2. The summed E-state index contributed by atoms with van der Waals surface area (Å²) in [5, 5.41) is 18.7. The third kappa shape index (κ3) is 6.11. The topological polar surface area (TPSA) is 121 Å². The van der Waals surface area contributed by atoms with E-state index < -0.39 is 41.9 Å². The van der Waals surface area contributed by atoms with Crippen LogP contribution in [-0.2, 0) is 14.4 Å². The van der Waals surface area contributed by atoms with Gasteiger partial charge in [0, 0.05) is 0 Å². The molecule has 3 atom stereocenters. The van der Waals surface area contributed by atoms with Crippen molar-refractivity contribution in [1.29, 1.82) is 0 Å². The Bertz CT molecular complexity index is 407. The summed E-state index contributed by atoms with van der Waals surface area (Å²) >= 11 is 0. The second kappa shape index (κ2) is 8.85. The molecule has 0 aromatic rings. The van der Waals surface area contributed by atoms with Gasteiger partial charge < -0.3 is 15.9 Å². The highest BCUT2D eigenvalue weighted by atomic mass is 16.4. The minimum absolute atomic E-state index is 0.134. The Morgan fingerprint density at radius 2 is 1.59 bits per heavy atom. The van der Waals surface area contributed by atoms with Gasteiger partial charge in [0.25, 0.3) is 0 Å². The molecule has 22 heavy (non-hydrogen) atoms. The summed E-state index contributed by atoms with van der Waals surface area (Å²) in [7, 11) is 0. The smallest absolute Gasteiger partial charge is 0.327 e. The van der Waals surface area contributed by atoms with Gasteiger partial charge in [0.05, 0.1) is 18.6 Å². The largest absolute Gasteiger partial charge is 0.480 e. The SMILES string of the molecule is CC(C)CC(N)C(=O)N(C(=O)CC(C)O)C(C(=O)O)C(C)C. The first-order valence-corrected chi connectivity index (χ1v) is 7.51. The van der Waals surface area contributed by atoms with Crippen molar-refractivity contribution in [2.24, 2.45) is 17.6 Å². The first kappa shape index (κ1) is 20.5. The fourth-order valence-electron chi connectivity index (χ4n) is 2.25. The van der Waals surface area contributed by atoms with Crippen LogP contribution in [0.3, 0.4) is 0 Å². The molecule has 4 N–H and O–H groups in total. The molecule has 7 nitrogen and oxygen atoms in total. The summed E-state index contributed by atoms with van der Waals surface area (Å²) in [6.45, 7) is 8.39. The fraction of sp³-hybridized carbons (Fsp3) is 0.800. The number of carbonyl (C=O) groups is 3. The summed E-state index contributed by atoms with van der Waals surface area (Å²) < 4.78 is 0. The number of carboxylic acid groups (broad SMARTS) is 1. The summed E-state index contributed by atoms with van der Waals surface area (Å²) in [6, 6.07) is -2.24. The molecule has 0 rings (SSSR count). The lowest BCUT2D eigenvalue weighted by atomic mass is 9.98. The van der Waals surface area contributed by atoms with Gasteiger partial charge in [0.1, 0.15) is 6.04 Å². The van der Waals surface area contributed by atoms with Gasteiger partial charge in [0.15, 0.2) is 0 Å². The number of carboxylic acids is 1. The Kier molecular flexibility index (Phi) is 8.26. The fourth-order valence-corrected chi connectivity index (χ4v) is 2.25. The predicted octanol–water partition coefficient (Wildman–Crippen LogP) is 0.595. The molecule has 3 unspecified atom stereocenters. The van der Waals surface area contributed by atoms with Gasteiger partial charge in [-0.05, 0) is 25.2 Å². The molecule has 0 aliphatic heterocycles. The first-order valence-electron chi connectivity index (χ1n) is 7.51. The molecule has 0 fully saturated rings. The molecule has 0 aromatic carbocycles. The summed E-state index contributed by atoms with van der Waals surface area (Å²) in [5.41, 5.74) is 5.83.